The number of esters is 1. The number of rotatable bonds is 1. The molecule has 0 aliphatic carbocycles. The van der Waals surface area contributed by atoms with E-state index < -0.39 is 12.0 Å². The first-order valence-corrected chi connectivity index (χ1v) is 6.07. The van der Waals surface area contributed by atoms with Gasteiger partial charge in [0.25, 0.3) is 0 Å². The SMILES string of the molecule is CC1NC(c2ccc(Cl)cc2)C(C#N)COC1=O. The maximum Gasteiger partial charge on any atom is 0.322 e. The Morgan fingerprint density at radius 3 is 2.72 bits per heavy atom. The van der Waals surface area contributed by atoms with E-state index in [1.165, 1.54) is 0 Å². The summed E-state index contributed by atoms with van der Waals surface area (Å²) in [7, 11) is 0. The Morgan fingerprint density at radius 2 is 2.11 bits per heavy atom. The van der Waals surface area contributed by atoms with Gasteiger partial charge >= 0.3 is 5.97 Å². The Labute approximate surface area is 111 Å². The Kier molecular flexibility index (Phi) is 3.85. The fourth-order valence-electron chi connectivity index (χ4n) is 1.96. The molecule has 0 saturated carbocycles. The molecule has 1 aliphatic heterocycles. The molecule has 4 nitrogen and oxygen atoms in total. The van der Waals surface area contributed by atoms with Gasteiger partial charge in [0, 0.05) is 5.02 Å². The Bertz CT molecular complexity index is 481. The number of hydrogen-bond donors (Lipinski definition) is 1. The van der Waals surface area contributed by atoms with Gasteiger partial charge in [0.1, 0.15) is 12.6 Å². The van der Waals surface area contributed by atoms with Crippen LogP contribution in [0, 0.1) is 17.2 Å². The first-order chi connectivity index (χ1) is 8.61. The first-order valence-electron chi connectivity index (χ1n) is 5.69. The zero-order valence-corrected chi connectivity index (χ0v) is 10.6. The van der Waals surface area contributed by atoms with Crippen molar-refractivity contribution in [1.29, 1.82) is 5.26 Å². The predicted octanol–water partition coefficient (Wildman–Crippen LogP) is 2.06. The zero-order valence-electron chi connectivity index (χ0n) is 9.89. The quantitative estimate of drug-likeness (QED) is 0.789. The molecule has 2 rings (SSSR count). The summed E-state index contributed by atoms with van der Waals surface area (Å²) in [6.07, 6.45) is 0. The van der Waals surface area contributed by atoms with Gasteiger partial charge in [0.15, 0.2) is 0 Å². The van der Waals surface area contributed by atoms with Crippen molar-refractivity contribution in [2.75, 3.05) is 6.61 Å². The summed E-state index contributed by atoms with van der Waals surface area (Å²) in [5, 5.41) is 12.9. The zero-order chi connectivity index (χ0) is 13.1. The molecular formula is C13H13ClN2O2. The van der Waals surface area contributed by atoms with Gasteiger partial charge < -0.3 is 4.74 Å². The standard InChI is InChI=1S/C13H13ClN2O2/c1-8-13(17)18-7-10(6-15)12(16-8)9-2-4-11(14)5-3-9/h2-5,8,10,12,16H,7H2,1H3. The maximum absolute atomic E-state index is 11.5. The number of ether oxygens (including phenoxy) is 1. The number of carbonyl (C=O) groups is 1. The minimum atomic E-state index is -0.427. The van der Waals surface area contributed by atoms with E-state index in [1.54, 1.807) is 19.1 Å². The smallest absolute Gasteiger partial charge is 0.322 e. The minimum Gasteiger partial charge on any atom is -0.463 e. The van der Waals surface area contributed by atoms with Gasteiger partial charge in [0.2, 0.25) is 0 Å². The van der Waals surface area contributed by atoms with E-state index in [0.717, 1.165) is 5.56 Å². The van der Waals surface area contributed by atoms with E-state index in [9.17, 15) is 4.79 Å². The van der Waals surface area contributed by atoms with Gasteiger partial charge in [-0.1, -0.05) is 23.7 Å². The van der Waals surface area contributed by atoms with Crippen molar-refractivity contribution >= 4 is 17.6 Å². The van der Waals surface area contributed by atoms with E-state index in [1.807, 2.05) is 12.1 Å². The van der Waals surface area contributed by atoms with Crippen LogP contribution in [-0.2, 0) is 9.53 Å². The summed E-state index contributed by atoms with van der Waals surface area (Å²) < 4.78 is 5.04. The van der Waals surface area contributed by atoms with Crippen molar-refractivity contribution < 1.29 is 9.53 Å². The molecule has 94 valence electrons. The topological polar surface area (TPSA) is 62.1 Å². The van der Waals surface area contributed by atoms with Crippen LogP contribution < -0.4 is 5.32 Å². The van der Waals surface area contributed by atoms with Crippen molar-refractivity contribution in [3.8, 4) is 6.07 Å². The van der Waals surface area contributed by atoms with Crippen molar-refractivity contribution in [3.63, 3.8) is 0 Å². The van der Waals surface area contributed by atoms with Gasteiger partial charge in [-0.2, -0.15) is 5.26 Å². The molecule has 1 N–H and O–H groups in total. The molecule has 0 amide bonds. The molecule has 0 spiro atoms. The highest BCUT2D eigenvalue weighted by molar-refractivity contribution is 6.30. The van der Waals surface area contributed by atoms with Crippen molar-refractivity contribution in [2.45, 2.75) is 19.0 Å². The summed E-state index contributed by atoms with van der Waals surface area (Å²) in [5.41, 5.74) is 0.927. The minimum absolute atomic E-state index is 0.111. The fraction of sp³-hybridized carbons (Fsp3) is 0.385. The normalized spacial score (nSPS) is 28.1. The fourth-order valence-corrected chi connectivity index (χ4v) is 2.08. The van der Waals surface area contributed by atoms with E-state index in [4.69, 9.17) is 21.6 Å². The number of carbonyl (C=O) groups excluding carboxylic acids is 1. The van der Waals surface area contributed by atoms with Crippen LogP contribution in [0.5, 0.6) is 0 Å². The lowest BCUT2D eigenvalue weighted by molar-refractivity contribution is -0.144. The van der Waals surface area contributed by atoms with Gasteiger partial charge in [-0.25, -0.2) is 0 Å². The Balaban J connectivity index is 2.30. The summed E-state index contributed by atoms with van der Waals surface area (Å²) in [6.45, 7) is 1.84. The van der Waals surface area contributed by atoms with Gasteiger partial charge in [-0.3, -0.25) is 10.1 Å². The summed E-state index contributed by atoms with van der Waals surface area (Å²) in [6, 6.07) is 8.77. The number of nitriles is 1. The molecule has 1 aromatic carbocycles. The molecule has 18 heavy (non-hydrogen) atoms. The largest absolute Gasteiger partial charge is 0.463 e. The summed E-state index contributed by atoms with van der Waals surface area (Å²) >= 11 is 5.84. The number of hydrogen-bond acceptors (Lipinski definition) is 4. The highest BCUT2D eigenvalue weighted by Gasteiger charge is 2.32. The molecular weight excluding hydrogens is 252 g/mol. The highest BCUT2D eigenvalue weighted by Crippen LogP contribution is 2.26. The second-order valence-electron chi connectivity index (χ2n) is 4.28. The number of nitrogens with one attached hydrogen (secondary N) is 1. The van der Waals surface area contributed by atoms with E-state index in [-0.39, 0.29) is 18.6 Å². The van der Waals surface area contributed by atoms with Gasteiger partial charge in [-0.05, 0) is 24.6 Å². The molecule has 1 saturated heterocycles. The molecule has 3 atom stereocenters. The van der Waals surface area contributed by atoms with E-state index in [0.29, 0.717) is 5.02 Å². The van der Waals surface area contributed by atoms with Crippen molar-refractivity contribution in [3.05, 3.63) is 34.9 Å². The predicted molar refractivity (Wildman–Crippen MR) is 66.9 cm³/mol. The maximum atomic E-state index is 11.5. The molecule has 3 unspecified atom stereocenters. The summed E-state index contributed by atoms with van der Waals surface area (Å²) in [5.74, 6) is -0.730. The molecule has 1 fully saturated rings. The Hall–Kier alpha value is -1.57. The third-order valence-corrected chi connectivity index (χ3v) is 3.24. The average molecular weight is 265 g/mol. The monoisotopic (exact) mass is 264 g/mol. The molecule has 0 radical (unpaired) electrons. The number of cyclic esters (lactones) is 1. The van der Waals surface area contributed by atoms with Gasteiger partial charge in [-0.15, -0.1) is 0 Å². The molecule has 1 heterocycles. The first kappa shape index (κ1) is 12.9. The molecule has 1 aromatic rings. The van der Waals surface area contributed by atoms with Crippen LogP contribution in [0.25, 0.3) is 0 Å². The van der Waals surface area contributed by atoms with Crippen LogP contribution in [-0.4, -0.2) is 18.6 Å². The third-order valence-electron chi connectivity index (χ3n) is 2.99. The third kappa shape index (κ3) is 2.63. The lowest BCUT2D eigenvalue weighted by Gasteiger charge is -2.21. The van der Waals surface area contributed by atoms with Crippen LogP contribution in [0.3, 0.4) is 0 Å². The van der Waals surface area contributed by atoms with E-state index >= 15 is 0 Å². The molecule has 1 aliphatic rings. The van der Waals surface area contributed by atoms with Crippen molar-refractivity contribution in [2.24, 2.45) is 5.92 Å². The number of nitrogens with zero attached hydrogens (tertiary/aromatic N) is 1. The Morgan fingerprint density at radius 1 is 1.44 bits per heavy atom. The summed E-state index contributed by atoms with van der Waals surface area (Å²) in [4.78, 5) is 11.5. The van der Waals surface area contributed by atoms with E-state index in [2.05, 4.69) is 11.4 Å². The second-order valence-corrected chi connectivity index (χ2v) is 4.72. The molecule has 0 bridgehead atoms. The van der Waals surface area contributed by atoms with Gasteiger partial charge in [0.05, 0.1) is 18.0 Å². The van der Waals surface area contributed by atoms with Crippen LogP contribution in [0.2, 0.25) is 5.02 Å². The average Bonchev–Trinajstić information content (AvgIpc) is 2.51. The second kappa shape index (κ2) is 5.38. The van der Waals surface area contributed by atoms with Crippen LogP contribution >= 0.6 is 11.6 Å². The van der Waals surface area contributed by atoms with Crippen LogP contribution in [0.1, 0.15) is 18.5 Å². The number of halogens is 1. The van der Waals surface area contributed by atoms with Crippen molar-refractivity contribution in [1.82, 2.24) is 5.32 Å². The molecule has 5 heteroatoms. The number of benzene rings is 1. The molecule has 0 aromatic heterocycles. The lowest BCUT2D eigenvalue weighted by atomic mass is 9.94. The lowest BCUT2D eigenvalue weighted by Crippen LogP contribution is -2.36. The highest BCUT2D eigenvalue weighted by atomic mass is 35.5. The van der Waals surface area contributed by atoms with Crippen LogP contribution in [0.4, 0.5) is 0 Å². The van der Waals surface area contributed by atoms with Crippen LogP contribution in [0.15, 0.2) is 24.3 Å².